The Hall–Kier alpha value is -1.27. The molecular formula is C14H22N4OS. The van der Waals surface area contributed by atoms with Crippen LogP contribution in [0.15, 0.2) is 23.7 Å². The molecule has 0 radical (unpaired) electrons. The van der Waals surface area contributed by atoms with E-state index in [2.05, 4.69) is 23.2 Å². The summed E-state index contributed by atoms with van der Waals surface area (Å²) in [4.78, 5) is 4.31. The Balaban J connectivity index is 1.60. The maximum absolute atomic E-state index is 9.10. The number of hydrogen-bond donors (Lipinski definition) is 1. The normalized spacial score (nSPS) is 11.2. The smallest absolute Gasteiger partial charge is 0.167 e. The molecule has 2 rings (SSSR count). The predicted molar refractivity (Wildman–Crippen MR) is 80.7 cm³/mol. The number of hydrogen-bond acceptors (Lipinski definition) is 4. The summed E-state index contributed by atoms with van der Waals surface area (Å²) in [5.41, 5.74) is 2.08. The fraction of sp³-hybridized carbons (Fsp3) is 0.571. The van der Waals surface area contributed by atoms with Crippen molar-refractivity contribution in [3.63, 3.8) is 0 Å². The monoisotopic (exact) mass is 294 g/mol. The second-order valence-electron chi connectivity index (χ2n) is 4.94. The first-order chi connectivity index (χ1) is 9.70. The number of aliphatic hydroxyl groups excluding tert-OH is 1. The maximum atomic E-state index is 9.10. The van der Waals surface area contributed by atoms with E-state index in [4.69, 9.17) is 5.11 Å². The molecule has 0 aromatic carbocycles. The highest BCUT2D eigenvalue weighted by molar-refractivity contribution is 7.99. The molecule has 2 aromatic rings. The third kappa shape index (κ3) is 4.11. The van der Waals surface area contributed by atoms with Crippen molar-refractivity contribution < 1.29 is 5.11 Å². The first kappa shape index (κ1) is 15.1. The van der Waals surface area contributed by atoms with Crippen LogP contribution in [0.25, 0.3) is 0 Å². The van der Waals surface area contributed by atoms with Gasteiger partial charge in [0.15, 0.2) is 5.16 Å². The largest absolute Gasteiger partial charge is 0.390 e. The van der Waals surface area contributed by atoms with Crippen molar-refractivity contribution in [2.45, 2.75) is 44.5 Å². The van der Waals surface area contributed by atoms with Gasteiger partial charge in [0.05, 0.1) is 24.7 Å². The number of unbranched alkanes of at least 4 members (excludes halogenated alkanes) is 2. The summed E-state index contributed by atoms with van der Waals surface area (Å²) in [7, 11) is 1.95. The van der Waals surface area contributed by atoms with Crippen molar-refractivity contribution in [3.8, 4) is 0 Å². The lowest BCUT2D eigenvalue weighted by Gasteiger charge is -2.04. The summed E-state index contributed by atoms with van der Waals surface area (Å²) < 4.78 is 3.96. The minimum absolute atomic E-state index is 0.0490. The molecule has 0 spiro atoms. The van der Waals surface area contributed by atoms with E-state index in [9.17, 15) is 0 Å². The highest BCUT2D eigenvalue weighted by Crippen LogP contribution is 2.19. The minimum Gasteiger partial charge on any atom is -0.390 e. The molecule has 0 fully saturated rings. The van der Waals surface area contributed by atoms with Gasteiger partial charge in [-0.3, -0.25) is 4.68 Å². The lowest BCUT2D eigenvalue weighted by atomic mass is 10.2. The highest BCUT2D eigenvalue weighted by atomic mass is 32.2. The summed E-state index contributed by atoms with van der Waals surface area (Å²) >= 11 is 1.75. The highest BCUT2D eigenvalue weighted by Gasteiger charge is 2.05. The first-order valence-electron chi connectivity index (χ1n) is 6.94. The van der Waals surface area contributed by atoms with Crippen molar-refractivity contribution in [3.05, 3.63) is 29.8 Å². The van der Waals surface area contributed by atoms with Gasteiger partial charge >= 0.3 is 0 Å². The first-order valence-corrected chi connectivity index (χ1v) is 7.92. The van der Waals surface area contributed by atoms with Crippen molar-refractivity contribution in [2.75, 3.05) is 5.75 Å². The number of imidazole rings is 1. The van der Waals surface area contributed by atoms with Gasteiger partial charge in [-0.1, -0.05) is 18.2 Å². The molecule has 1 N–H and O–H groups in total. The van der Waals surface area contributed by atoms with E-state index in [0.29, 0.717) is 0 Å². The summed E-state index contributed by atoms with van der Waals surface area (Å²) in [6, 6.07) is 0. The van der Waals surface area contributed by atoms with Crippen molar-refractivity contribution in [1.29, 1.82) is 0 Å². The molecule has 0 aliphatic rings. The molecule has 20 heavy (non-hydrogen) atoms. The van der Waals surface area contributed by atoms with E-state index in [-0.39, 0.29) is 6.61 Å². The second-order valence-corrected chi connectivity index (χ2v) is 6.00. The molecule has 6 heteroatoms. The molecule has 0 atom stereocenters. The molecule has 110 valence electrons. The quantitative estimate of drug-likeness (QED) is 0.600. The summed E-state index contributed by atoms with van der Waals surface area (Å²) in [6.07, 6.45) is 9.25. The maximum Gasteiger partial charge on any atom is 0.167 e. The van der Waals surface area contributed by atoms with Crippen LogP contribution in [0.2, 0.25) is 0 Å². The zero-order chi connectivity index (χ0) is 14.4. The van der Waals surface area contributed by atoms with Crippen molar-refractivity contribution in [2.24, 2.45) is 7.05 Å². The van der Waals surface area contributed by atoms with Crippen LogP contribution in [-0.2, 0) is 20.2 Å². The van der Waals surface area contributed by atoms with Gasteiger partial charge in [-0.05, 0) is 25.3 Å². The van der Waals surface area contributed by atoms with Crippen molar-refractivity contribution in [1.82, 2.24) is 19.3 Å². The molecule has 0 unspecified atom stereocenters. The molecule has 0 saturated carbocycles. The van der Waals surface area contributed by atoms with Gasteiger partial charge in [-0.15, -0.1) is 0 Å². The Morgan fingerprint density at radius 3 is 2.75 bits per heavy atom. The number of nitrogens with zero attached hydrogens (tertiary/aromatic N) is 4. The Bertz CT molecular complexity index is 535. The van der Waals surface area contributed by atoms with Crippen LogP contribution in [0.4, 0.5) is 0 Å². The van der Waals surface area contributed by atoms with Gasteiger partial charge in [-0.25, -0.2) is 4.98 Å². The Morgan fingerprint density at radius 1 is 1.25 bits per heavy atom. The molecule has 2 aromatic heterocycles. The van der Waals surface area contributed by atoms with E-state index in [0.717, 1.165) is 29.6 Å². The van der Waals surface area contributed by atoms with Gasteiger partial charge < -0.3 is 9.67 Å². The Kier molecular flexibility index (Phi) is 5.67. The average molecular weight is 294 g/mol. The minimum atomic E-state index is 0.0490. The van der Waals surface area contributed by atoms with E-state index >= 15 is 0 Å². The number of aliphatic hydroxyl groups is 1. The Morgan fingerprint density at radius 2 is 2.10 bits per heavy atom. The molecular weight excluding hydrogens is 272 g/mol. The number of thioether (sulfide) groups is 1. The molecule has 0 aliphatic heterocycles. The van der Waals surface area contributed by atoms with E-state index in [1.54, 1.807) is 18.0 Å². The van der Waals surface area contributed by atoms with Crippen LogP contribution in [-0.4, -0.2) is 30.2 Å². The second kappa shape index (κ2) is 7.50. The molecule has 5 nitrogen and oxygen atoms in total. The summed E-state index contributed by atoms with van der Waals surface area (Å²) in [5, 5.41) is 14.4. The standard InChI is InChI=1S/C14H22N4OS/c1-12-8-16-18(10-12)6-4-3-5-7-20-14-15-9-13(11-19)17(14)2/h8-10,19H,3-7,11H2,1-2H3. The van der Waals surface area contributed by atoms with Crippen LogP contribution in [0.5, 0.6) is 0 Å². The predicted octanol–water partition coefficient (Wildman–Crippen LogP) is 2.38. The van der Waals surface area contributed by atoms with Gasteiger partial charge in [-0.2, -0.15) is 5.10 Å². The van der Waals surface area contributed by atoms with Crippen LogP contribution in [0.3, 0.4) is 0 Å². The lowest BCUT2D eigenvalue weighted by Crippen LogP contribution is -1.99. The van der Waals surface area contributed by atoms with Crippen LogP contribution < -0.4 is 0 Å². The average Bonchev–Trinajstić information content (AvgIpc) is 3.00. The fourth-order valence-corrected chi connectivity index (χ4v) is 2.98. The topological polar surface area (TPSA) is 55.9 Å². The van der Waals surface area contributed by atoms with Gasteiger partial charge in [0, 0.05) is 25.5 Å². The zero-order valence-corrected chi connectivity index (χ0v) is 12.9. The number of aromatic nitrogens is 4. The molecule has 0 amide bonds. The van der Waals surface area contributed by atoms with Gasteiger partial charge in [0.2, 0.25) is 0 Å². The van der Waals surface area contributed by atoms with Gasteiger partial charge in [0.25, 0.3) is 0 Å². The van der Waals surface area contributed by atoms with E-state index in [1.165, 1.54) is 18.4 Å². The summed E-state index contributed by atoms with van der Waals surface area (Å²) in [6.45, 7) is 3.11. The van der Waals surface area contributed by atoms with E-state index in [1.807, 2.05) is 22.5 Å². The summed E-state index contributed by atoms with van der Waals surface area (Å²) in [5.74, 6) is 1.06. The third-order valence-corrected chi connectivity index (χ3v) is 4.36. The van der Waals surface area contributed by atoms with Crippen LogP contribution in [0.1, 0.15) is 30.5 Å². The van der Waals surface area contributed by atoms with Gasteiger partial charge in [0.1, 0.15) is 0 Å². The zero-order valence-electron chi connectivity index (χ0n) is 12.1. The molecule has 0 aliphatic carbocycles. The molecule has 2 heterocycles. The number of rotatable bonds is 8. The van der Waals surface area contributed by atoms with Crippen LogP contribution >= 0.6 is 11.8 Å². The van der Waals surface area contributed by atoms with E-state index < -0.39 is 0 Å². The van der Waals surface area contributed by atoms with Crippen molar-refractivity contribution >= 4 is 11.8 Å². The lowest BCUT2D eigenvalue weighted by molar-refractivity contribution is 0.271. The Labute approximate surface area is 124 Å². The molecule has 0 saturated heterocycles. The number of aryl methyl sites for hydroxylation is 2. The molecule has 0 bridgehead atoms. The fourth-order valence-electron chi connectivity index (χ4n) is 2.01. The third-order valence-electron chi connectivity index (χ3n) is 3.23. The SMILES string of the molecule is Cc1cnn(CCCCCSc2ncc(CO)n2C)c1. The van der Waals surface area contributed by atoms with Crippen LogP contribution in [0, 0.1) is 6.92 Å².